The number of esters is 1. The number of amides is 2. The van der Waals surface area contributed by atoms with E-state index < -0.39 is 30.1 Å². The van der Waals surface area contributed by atoms with E-state index in [1.807, 2.05) is 33.0 Å². The van der Waals surface area contributed by atoms with Crippen molar-refractivity contribution in [3.05, 3.63) is 47.4 Å². The Morgan fingerprint density at radius 1 is 1.06 bits per heavy atom. The number of ether oxygens (including phenoxy) is 3. The number of hydrogen-bond acceptors (Lipinski definition) is 9. The SMILES string of the molecule is C/C(=C\c1cc(F)c2cnn(CC(=O)N3CCOCC3)c2c1)[C@H]1OC(=O)C[C@H](O)CC[C@H](C)[C@H](OC(=O)N2CCN(C)CC2)/C=C/[C@@H]1C. The summed E-state index contributed by atoms with van der Waals surface area (Å²) in [6.45, 7) is 10.3. The summed E-state index contributed by atoms with van der Waals surface area (Å²) >= 11 is 0. The van der Waals surface area contributed by atoms with Gasteiger partial charge < -0.3 is 34.0 Å². The van der Waals surface area contributed by atoms with Crippen molar-refractivity contribution in [3.63, 3.8) is 0 Å². The molecule has 262 valence electrons. The monoisotopic (exact) mass is 669 g/mol. The first kappa shape index (κ1) is 35.5. The van der Waals surface area contributed by atoms with Crippen LogP contribution in [-0.4, -0.2) is 125 Å². The Balaban J connectivity index is 1.38. The largest absolute Gasteiger partial charge is 0.457 e. The molecule has 3 aliphatic heterocycles. The number of cyclic esters (lactones) is 1. The van der Waals surface area contributed by atoms with E-state index in [0.717, 1.165) is 13.1 Å². The highest BCUT2D eigenvalue weighted by Crippen LogP contribution is 2.27. The second-order valence-electron chi connectivity index (χ2n) is 13.3. The Morgan fingerprint density at radius 2 is 1.79 bits per heavy atom. The molecule has 2 amide bonds. The summed E-state index contributed by atoms with van der Waals surface area (Å²) in [4.78, 5) is 44.5. The summed E-state index contributed by atoms with van der Waals surface area (Å²) in [6.07, 6.45) is 5.09. The van der Waals surface area contributed by atoms with Crippen molar-refractivity contribution < 1.29 is 38.1 Å². The quantitative estimate of drug-likeness (QED) is 0.376. The Kier molecular flexibility index (Phi) is 11.9. The summed E-state index contributed by atoms with van der Waals surface area (Å²) in [7, 11) is 2.02. The van der Waals surface area contributed by atoms with Crippen molar-refractivity contribution in [2.24, 2.45) is 11.8 Å². The van der Waals surface area contributed by atoms with Crippen molar-refractivity contribution >= 4 is 34.9 Å². The van der Waals surface area contributed by atoms with Crippen LogP contribution < -0.4 is 0 Å². The number of piperazine rings is 1. The Bertz CT molecular complexity index is 1510. The number of aromatic nitrogens is 2. The van der Waals surface area contributed by atoms with Crippen LogP contribution in [0.15, 0.2) is 36.1 Å². The molecule has 2 fully saturated rings. The van der Waals surface area contributed by atoms with Crippen LogP contribution in [0.2, 0.25) is 0 Å². The van der Waals surface area contributed by atoms with Crippen molar-refractivity contribution in [2.45, 2.75) is 64.9 Å². The molecule has 1 aromatic heterocycles. The third-order valence-electron chi connectivity index (χ3n) is 9.48. The summed E-state index contributed by atoms with van der Waals surface area (Å²) in [5.41, 5.74) is 1.64. The van der Waals surface area contributed by atoms with Crippen LogP contribution in [-0.2, 0) is 30.3 Å². The van der Waals surface area contributed by atoms with Gasteiger partial charge in [-0.2, -0.15) is 5.10 Å². The lowest BCUT2D eigenvalue weighted by atomic mass is 9.91. The second-order valence-corrected chi connectivity index (χ2v) is 13.3. The van der Waals surface area contributed by atoms with Crippen LogP contribution in [0.4, 0.5) is 9.18 Å². The molecule has 0 bridgehead atoms. The predicted octanol–water partition coefficient (Wildman–Crippen LogP) is 3.48. The molecule has 5 atom stereocenters. The van der Waals surface area contributed by atoms with E-state index in [1.165, 1.54) is 16.9 Å². The molecule has 2 saturated heterocycles. The zero-order valence-electron chi connectivity index (χ0n) is 28.3. The number of hydrogen-bond donors (Lipinski definition) is 1. The average molecular weight is 670 g/mol. The highest BCUT2D eigenvalue weighted by molar-refractivity contribution is 5.84. The predicted molar refractivity (Wildman–Crippen MR) is 177 cm³/mol. The number of likely N-dealkylation sites (N-methyl/N-ethyl adjacent to an activating group) is 1. The highest BCUT2D eigenvalue weighted by atomic mass is 19.1. The van der Waals surface area contributed by atoms with Gasteiger partial charge in [0.25, 0.3) is 0 Å². The summed E-state index contributed by atoms with van der Waals surface area (Å²) in [5, 5.41) is 15.2. The zero-order valence-corrected chi connectivity index (χ0v) is 28.3. The molecule has 48 heavy (non-hydrogen) atoms. The van der Waals surface area contributed by atoms with Gasteiger partial charge >= 0.3 is 12.1 Å². The second kappa shape index (κ2) is 16.1. The smallest absolute Gasteiger partial charge is 0.410 e. The molecule has 2 aromatic rings. The molecule has 1 aromatic carbocycles. The number of carbonyl (C=O) groups excluding carboxylic acids is 3. The van der Waals surface area contributed by atoms with Gasteiger partial charge in [-0.3, -0.25) is 14.3 Å². The number of rotatable bonds is 5. The van der Waals surface area contributed by atoms with E-state index in [4.69, 9.17) is 14.2 Å². The Morgan fingerprint density at radius 3 is 2.52 bits per heavy atom. The zero-order chi connectivity index (χ0) is 34.4. The van der Waals surface area contributed by atoms with Crippen LogP contribution >= 0.6 is 0 Å². The molecule has 0 radical (unpaired) electrons. The number of nitrogens with zero attached hydrogens (tertiary/aromatic N) is 5. The molecule has 12 nitrogen and oxygen atoms in total. The topological polar surface area (TPSA) is 127 Å². The number of halogens is 1. The van der Waals surface area contributed by atoms with Crippen molar-refractivity contribution in [1.82, 2.24) is 24.5 Å². The van der Waals surface area contributed by atoms with Crippen molar-refractivity contribution in [2.75, 3.05) is 59.5 Å². The highest BCUT2D eigenvalue weighted by Gasteiger charge is 2.29. The molecule has 13 heteroatoms. The fourth-order valence-corrected chi connectivity index (χ4v) is 6.38. The molecule has 1 N–H and O–H groups in total. The molecule has 3 aliphatic rings. The van der Waals surface area contributed by atoms with Gasteiger partial charge in [-0.05, 0) is 62.1 Å². The van der Waals surface area contributed by atoms with Crippen LogP contribution in [0.25, 0.3) is 17.0 Å². The Hall–Kier alpha value is -3.81. The summed E-state index contributed by atoms with van der Waals surface area (Å²) in [5.74, 6) is -1.58. The molecule has 5 rings (SSSR count). The van der Waals surface area contributed by atoms with E-state index in [9.17, 15) is 19.5 Å². The minimum absolute atomic E-state index is 0.0293. The minimum Gasteiger partial charge on any atom is -0.457 e. The molecular weight excluding hydrogens is 621 g/mol. The molecule has 0 saturated carbocycles. The number of aliphatic hydroxyl groups excluding tert-OH is 1. The molecular formula is C35H48FN5O7. The third-order valence-corrected chi connectivity index (χ3v) is 9.48. The molecule has 0 unspecified atom stereocenters. The normalized spacial score (nSPS) is 27.6. The first-order valence-corrected chi connectivity index (χ1v) is 16.9. The average Bonchev–Trinajstić information content (AvgIpc) is 3.47. The lowest BCUT2D eigenvalue weighted by molar-refractivity contribution is -0.151. The fraction of sp³-hybridized carbons (Fsp3) is 0.600. The number of fused-ring (bicyclic) bond motifs is 1. The molecule has 0 spiro atoms. The lowest BCUT2D eigenvalue weighted by Crippen LogP contribution is -2.48. The first-order valence-electron chi connectivity index (χ1n) is 16.9. The van der Waals surface area contributed by atoms with Crippen LogP contribution in [0.5, 0.6) is 0 Å². The van der Waals surface area contributed by atoms with Gasteiger partial charge in [0.1, 0.15) is 24.6 Å². The number of carbonyl (C=O) groups is 3. The maximum absolute atomic E-state index is 15.3. The van der Waals surface area contributed by atoms with Gasteiger partial charge in [0.05, 0.1) is 42.8 Å². The minimum atomic E-state index is -0.908. The Labute approximate surface area is 281 Å². The third kappa shape index (κ3) is 9.00. The fourth-order valence-electron chi connectivity index (χ4n) is 6.38. The number of benzene rings is 1. The van der Waals surface area contributed by atoms with E-state index in [2.05, 4.69) is 10.00 Å². The van der Waals surface area contributed by atoms with Gasteiger partial charge in [-0.15, -0.1) is 0 Å². The standard InChI is InChI=1S/C35H48FN5O7/c1-23-5-7-27(42)20-33(44)48-34(24(2)6-8-31(23)47-35(45)40-11-9-38(4)10-12-40)25(3)17-26-18-29(36)28-21-37-41(30(28)19-26)22-32(43)39-13-15-46-16-14-39/h6,8,17-19,21,23-24,27,31,34,42H,5,7,9-16,20,22H2,1-4H3/b8-6+,25-17+/t23-,24-,27+,31+,34-/m0/s1. The van der Waals surface area contributed by atoms with Crippen LogP contribution in [0, 0.1) is 17.7 Å². The van der Waals surface area contributed by atoms with Gasteiger partial charge in [-0.1, -0.05) is 26.0 Å². The van der Waals surface area contributed by atoms with Gasteiger partial charge in [0, 0.05) is 45.2 Å². The maximum atomic E-state index is 15.3. The number of aliphatic hydroxyl groups is 1. The van der Waals surface area contributed by atoms with Gasteiger partial charge in [-0.25, -0.2) is 9.18 Å². The molecule has 4 heterocycles. The van der Waals surface area contributed by atoms with Gasteiger partial charge in [0.2, 0.25) is 5.91 Å². The number of morpholine rings is 1. The molecule has 0 aliphatic carbocycles. The summed E-state index contributed by atoms with van der Waals surface area (Å²) < 4.78 is 34.1. The van der Waals surface area contributed by atoms with Gasteiger partial charge in [0.15, 0.2) is 0 Å². The van der Waals surface area contributed by atoms with Crippen molar-refractivity contribution in [1.29, 1.82) is 0 Å². The van der Waals surface area contributed by atoms with E-state index in [1.54, 1.807) is 28.9 Å². The van der Waals surface area contributed by atoms with Crippen LogP contribution in [0.1, 0.15) is 45.6 Å². The maximum Gasteiger partial charge on any atom is 0.410 e. The van der Waals surface area contributed by atoms with Crippen LogP contribution in [0.3, 0.4) is 0 Å². The van der Waals surface area contributed by atoms with E-state index >= 15 is 4.39 Å². The van der Waals surface area contributed by atoms with E-state index in [0.29, 0.717) is 74.3 Å². The first-order chi connectivity index (χ1) is 23.0. The summed E-state index contributed by atoms with van der Waals surface area (Å²) in [6, 6.07) is 3.15. The van der Waals surface area contributed by atoms with E-state index in [-0.39, 0.29) is 36.8 Å². The van der Waals surface area contributed by atoms with Crippen molar-refractivity contribution in [3.8, 4) is 0 Å². The lowest BCUT2D eigenvalue weighted by Gasteiger charge is -2.33.